The maximum atomic E-state index is 12.4. The van der Waals surface area contributed by atoms with E-state index in [1.807, 2.05) is 36.4 Å². The molecule has 0 aliphatic heterocycles. The van der Waals surface area contributed by atoms with Gasteiger partial charge in [-0.25, -0.2) is 4.79 Å². The number of amides is 2. The van der Waals surface area contributed by atoms with E-state index in [4.69, 9.17) is 10.00 Å². The average Bonchev–Trinajstić information content (AvgIpc) is 2.45. The summed E-state index contributed by atoms with van der Waals surface area (Å²) in [5.41, 5.74) is 0.260. The standard InChI is InChI=1S/C17H23N3O3/c1-17(2,3)23-16(22)19-14(15(21)20(4)11-10-18)12-13-8-6-5-7-9-13/h5-9,14H,11-12H2,1-4H3,(H,19,22)/t14-/m0/s1. The first-order valence-corrected chi connectivity index (χ1v) is 7.38. The molecule has 1 N–H and O–H groups in total. The van der Waals surface area contributed by atoms with Crippen molar-refractivity contribution in [1.82, 2.24) is 10.2 Å². The fourth-order valence-electron chi connectivity index (χ4n) is 1.95. The zero-order valence-electron chi connectivity index (χ0n) is 14.0. The largest absolute Gasteiger partial charge is 0.444 e. The molecule has 124 valence electrons. The molecule has 0 spiro atoms. The van der Waals surface area contributed by atoms with E-state index in [0.717, 1.165) is 5.56 Å². The van der Waals surface area contributed by atoms with Gasteiger partial charge in [-0.3, -0.25) is 4.79 Å². The second kappa shape index (κ2) is 8.18. The van der Waals surface area contributed by atoms with Gasteiger partial charge in [-0.2, -0.15) is 5.26 Å². The number of carbonyl (C=O) groups is 2. The van der Waals surface area contributed by atoms with Gasteiger partial charge in [-0.05, 0) is 26.3 Å². The van der Waals surface area contributed by atoms with Crippen molar-refractivity contribution in [2.24, 2.45) is 0 Å². The van der Waals surface area contributed by atoms with Crippen molar-refractivity contribution in [3.63, 3.8) is 0 Å². The van der Waals surface area contributed by atoms with Crippen molar-refractivity contribution >= 4 is 12.0 Å². The van der Waals surface area contributed by atoms with E-state index in [1.54, 1.807) is 20.8 Å². The summed E-state index contributed by atoms with van der Waals surface area (Å²) >= 11 is 0. The number of rotatable bonds is 5. The van der Waals surface area contributed by atoms with Gasteiger partial charge >= 0.3 is 6.09 Å². The van der Waals surface area contributed by atoms with Crippen LogP contribution in [0.4, 0.5) is 4.79 Å². The molecule has 1 aromatic rings. The van der Waals surface area contributed by atoms with Gasteiger partial charge in [0.25, 0.3) is 0 Å². The molecule has 0 aliphatic rings. The number of likely N-dealkylation sites (N-methyl/N-ethyl adjacent to an activating group) is 1. The van der Waals surface area contributed by atoms with Crippen LogP contribution in [0.2, 0.25) is 0 Å². The Morgan fingerprint density at radius 1 is 1.30 bits per heavy atom. The van der Waals surface area contributed by atoms with Crippen LogP contribution in [0.5, 0.6) is 0 Å². The molecule has 0 aromatic heterocycles. The zero-order chi connectivity index (χ0) is 17.5. The van der Waals surface area contributed by atoms with E-state index in [-0.39, 0.29) is 12.5 Å². The Morgan fingerprint density at radius 3 is 2.43 bits per heavy atom. The van der Waals surface area contributed by atoms with Crippen LogP contribution >= 0.6 is 0 Å². The first-order valence-electron chi connectivity index (χ1n) is 7.38. The van der Waals surface area contributed by atoms with E-state index in [0.29, 0.717) is 6.42 Å². The van der Waals surface area contributed by atoms with E-state index >= 15 is 0 Å². The van der Waals surface area contributed by atoms with Crippen molar-refractivity contribution in [2.45, 2.75) is 38.8 Å². The van der Waals surface area contributed by atoms with Gasteiger partial charge in [0, 0.05) is 13.5 Å². The molecule has 1 atom stereocenters. The van der Waals surface area contributed by atoms with Crippen molar-refractivity contribution in [1.29, 1.82) is 5.26 Å². The number of hydrogen-bond acceptors (Lipinski definition) is 4. The van der Waals surface area contributed by atoms with Gasteiger partial charge in [-0.1, -0.05) is 30.3 Å². The summed E-state index contributed by atoms with van der Waals surface area (Å²) in [7, 11) is 1.53. The highest BCUT2D eigenvalue weighted by Gasteiger charge is 2.26. The molecule has 1 rings (SSSR count). The van der Waals surface area contributed by atoms with Gasteiger partial charge in [0.2, 0.25) is 5.91 Å². The zero-order valence-corrected chi connectivity index (χ0v) is 14.0. The van der Waals surface area contributed by atoms with E-state index in [1.165, 1.54) is 11.9 Å². The minimum atomic E-state index is -0.786. The van der Waals surface area contributed by atoms with Crippen LogP contribution in [0.1, 0.15) is 26.3 Å². The van der Waals surface area contributed by atoms with Crippen molar-refractivity contribution in [3.8, 4) is 6.07 Å². The summed E-state index contributed by atoms with van der Waals surface area (Å²) in [6.45, 7) is 5.22. The lowest BCUT2D eigenvalue weighted by Crippen LogP contribution is -2.49. The summed E-state index contributed by atoms with van der Waals surface area (Å²) in [6.07, 6.45) is -0.327. The maximum absolute atomic E-state index is 12.4. The molecule has 0 fully saturated rings. The van der Waals surface area contributed by atoms with Crippen LogP contribution in [0, 0.1) is 11.3 Å². The summed E-state index contributed by atoms with van der Waals surface area (Å²) in [5.74, 6) is -0.332. The van der Waals surface area contributed by atoms with E-state index < -0.39 is 17.7 Å². The van der Waals surface area contributed by atoms with E-state index in [9.17, 15) is 9.59 Å². The number of nitriles is 1. The van der Waals surface area contributed by atoms with Gasteiger partial charge in [0.15, 0.2) is 0 Å². The minimum absolute atomic E-state index is 0.0415. The van der Waals surface area contributed by atoms with Crippen molar-refractivity contribution in [3.05, 3.63) is 35.9 Å². The molecule has 6 heteroatoms. The quantitative estimate of drug-likeness (QED) is 0.843. The third-order valence-corrected chi connectivity index (χ3v) is 2.96. The molecular formula is C17H23N3O3. The lowest BCUT2D eigenvalue weighted by atomic mass is 10.1. The Balaban J connectivity index is 2.86. The molecule has 0 heterocycles. The first kappa shape index (κ1) is 18.5. The highest BCUT2D eigenvalue weighted by atomic mass is 16.6. The number of benzene rings is 1. The second-order valence-corrected chi connectivity index (χ2v) is 6.24. The molecular weight excluding hydrogens is 294 g/mol. The van der Waals surface area contributed by atoms with Gasteiger partial charge < -0.3 is 15.0 Å². The summed E-state index contributed by atoms with van der Waals surface area (Å²) < 4.78 is 5.21. The monoisotopic (exact) mass is 317 g/mol. The van der Waals surface area contributed by atoms with Gasteiger partial charge in [-0.15, -0.1) is 0 Å². The highest BCUT2D eigenvalue weighted by Crippen LogP contribution is 2.09. The number of nitrogens with one attached hydrogen (secondary N) is 1. The van der Waals surface area contributed by atoms with Crippen LogP contribution in [0.3, 0.4) is 0 Å². The summed E-state index contributed by atoms with van der Waals surface area (Å²) in [5, 5.41) is 11.3. The third kappa shape index (κ3) is 6.83. The first-order chi connectivity index (χ1) is 10.7. The van der Waals surface area contributed by atoms with E-state index in [2.05, 4.69) is 5.32 Å². The van der Waals surface area contributed by atoms with Gasteiger partial charge in [0.1, 0.15) is 18.2 Å². The Kier molecular flexibility index (Phi) is 6.58. The minimum Gasteiger partial charge on any atom is -0.444 e. The lowest BCUT2D eigenvalue weighted by Gasteiger charge is -2.25. The van der Waals surface area contributed by atoms with Crippen LogP contribution in [-0.2, 0) is 16.0 Å². The van der Waals surface area contributed by atoms with Crippen LogP contribution in [-0.4, -0.2) is 42.1 Å². The SMILES string of the molecule is CN(CC#N)C(=O)[C@H](Cc1ccccc1)NC(=O)OC(C)(C)C. The fraction of sp³-hybridized carbons (Fsp3) is 0.471. The Hall–Kier alpha value is -2.55. The lowest BCUT2D eigenvalue weighted by molar-refractivity contribution is -0.131. The Bertz CT molecular complexity index is 573. The van der Waals surface area contributed by atoms with Crippen LogP contribution < -0.4 is 5.32 Å². The molecule has 0 saturated carbocycles. The predicted octanol–water partition coefficient (Wildman–Crippen LogP) is 2.10. The fourth-order valence-corrected chi connectivity index (χ4v) is 1.95. The second-order valence-electron chi connectivity index (χ2n) is 6.24. The Morgan fingerprint density at radius 2 is 1.91 bits per heavy atom. The molecule has 0 bridgehead atoms. The molecule has 0 saturated heterocycles. The average molecular weight is 317 g/mol. The topological polar surface area (TPSA) is 82.4 Å². The van der Waals surface area contributed by atoms with Crippen molar-refractivity contribution in [2.75, 3.05) is 13.6 Å². The molecule has 23 heavy (non-hydrogen) atoms. The summed E-state index contributed by atoms with van der Waals surface area (Å²) in [6, 6.07) is 10.5. The maximum Gasteiger partial charge on any atom is 0.408 e. The third-order valence-electron chi connectivity index (χ3n) is 2.96. The molecule has 0 radical (unpaired) electrons. The molecule has 6 nitrogen and oxygen atoms in total. The smallest absolute Gasteiger partial charge is 0.408 e. The normalized spacial score (nSPS) is 12.0. The Labute approximate surface area is 137 Å². The number of ether oxygens (including phenoxy) is 1. The number of carbonyl (C=O) groups excluding carboxylic acids is 2. The number of hydrogen-bond donors (Lipinski definition) is 1. The molecule has 2 amide bonds. The molecule has 1 aromatic carbocycles. The van der Waals surface area contributed by atoms with Crippen LogP contribution in [0.25, 0.3) is 0 Å². The molecule has 0 aliphatic carbocycles. The number of alkyl carbamates (subject to hydrolysis) is 1. The van der Waals surface area contributed by atoms with Crippen LogP contribution in [0.15, 0.2) is 30.3 Å². The predicted molar refractivity (Wildman–Crippen MR) is 86.6 cm³/mol. The van der Waals surface area contributed by atoms with Gasteiger partial charge in [0.05, 0.1) is 6.07 Å². The van der Waals surface area contributed by atoms with Crippen molar-refractivity contribution < 1.29 is 14.3 Å². The highest BCUT2D eigenvalue weighted by molar-refractivity contribution is 5.86. The number of nitrogens with zero attached hydrogens (tertiary/aromatic N) is 2. The summed E-state index contributed by atoms with van der Waals surface area (Å²) in [4.78, 5) is 25.7. The molecule has 0 unspecified atom stereocenters.